The van der Waals surface area contributed by atoms with Crippen molar-refractivity contribution in [1.82, 2.24) is 10.2 Å². The van der Waals surface area contributed by atoms with Gasteiger partial charge in [0.05, 0.1) is 5.54 Å². The maximum absolute atomic E-state index is 12.2. The van der Waals surface area contributed by atoms with E-state index < -0.39 is 5.54 Å². The molecule has 0 aliphatic carbocycles. The smallest absolute Gasteiger partial charge is 0.239 e. The highest BCUT2D eigenvalue weighted by Gasteiger charge is 2.23. The van der Waals surface area contributed by atoms with Crippen molar-refractivity contribution in [2.75, 3.05) is 37.6 Å². The van der Waals surface area contributed by atoms with E-state index in [1.807, 2.05) is 23.1 Å². The summed E-state index contributed by atoms with van der Waals surface area (Å²) < 4.78 is 0. The number of halogens is 2. The largest absolute Gasteiger partial charge is 0.368 e. The van der Waals surface area contributed by atoms with E-state index in [2.05, 4.69) is 22.3 Å². The Labute approximate surface area is 161 Å². The van der Waals surface area contributed by atoms with Gasteiger partial charge in [-0.15, -0.1) is 24.8 Å². The van der Waals surface area contributed by atoms with Crippen molar-refractivity contribution >= 4 is 42.3 Å². The van der Waals surface area contributed by atoms with Gasteiger partial charge in [0, 0.05) is 44.8 Å². The van der Waals surface area contributed by atoms with E-state index in [9.17, 15) is 9.59 Å². The summed E-state index contributed by atoms with van der Waals surface area (Å²) in [5.41, 5.74) is 5.98. The summed E-state index contributed by atoms with van der Waals surface area (Å²) in [6.07, 6.45) is 0.313. The summed E-state index contributed by atoms with van der Waals surface area (Å²) in [4.78, 5) is 28.0. The predicted molar refractivity (Wildman–Crippen MR) is 106 cm³/mol. The summed E-state index contributed by atoms with van der Waals surface area (Å²) >= 11 is 0. The van der Waals surface area contributed by atoms with Gasteiger partial charge in [-0.2, -0.15) is 0 Å². The molecule has 8 heteroatoms. The van der Waals surface area contributed by atoms with E-state index in [4.69, 9.17) is 5.73 Å². The molecule has 1 saturated heterocycles. The van der Waals surface area contributed by atoms with E-state index in [0.717, 1.165) is 13.1 Å². The molecule has 1 aromatic rings. The lowest BCUT2D eigenvalue weighted by molar-refractivity contribution is -0.131. The fraction of sp³-hybridized carbons (Fsp3) is 0.529. The molecule has 2 rings (SSSR count). The molecule has 3 N–H and O–H groups in total. The zero-order valence-corrected chi connectivity index (χ0v) is 16.4. The summed E-state index contributed by atoms with van der Waals surface area (Å²) in [5.74, 6) is -0.160. The molecule has 1 fully saturated rings. The first-order valence-electron chi connectivity index (χ1n) is 8.03. The molecule has 1 aliphatic heterocycles. The van der Waals surface area contributed by atoms with Gasteiger partial charge in [0.1, 0.15) is 0 Å². The van der Waals surface area contributed by atoms with Crippen molar-refractivity contribution in [1.29, 1.82) is 0 Å². The number of anilines is 1. The maximum Gasteiger partial charge on any atom is 0.239 e. The van der Waals surface area contributed by atoms with Gasteiger partial charge in [0.25, 0.3) is 0 Å². The van der Waals surface area contributed by atoms with Crippen LogP contribution in [-0.2, 0) is 9.59 Å². The minimum absolute atomic E-state index is 0. The summed E-state index contributed by atoms with van der Waals surface area (Å²) in [6, 6.07) is 10.2. The monoisotopic (exact) mass is 390 g/mol. The number of amides is 2. The molecule has 0 bridgehead atoms. The third-order valence-electron chi connectivity index (χ3n) is 3.96. The van der Waals surface area contributed by atoms with Gasteiger partial charge in [-0.3, -0.25) is 9.59 Å². The fourth-order valence-corrected chi connectivity index (χ4v) is 2.52. The van der Waals surface area contributed by atoms with Crippen LogP contribution in [-0.4, -0.2) is 55.0 Å². The third-order valence-corrected chi connectivity index (χ3v) is 3.96. The molecule has 1 aliphatic rings. The Hall–Kier alpha value is -1.50. The number of rotatable bonds is 5. The third kappa shape index (κ3) is 7.10. The fourth-order valence-electron chi connectivity index (χ4n) is 2.52. The second kappa shape index (κ2) is 10.5. The molecule has 1 aromatic carbocycles. The first-order valence-corrected chi connectivity index (χ1v) is 8.03. The van der Waals surface area contributed by atoms with Crippen molar-refractivity contribution in [3.63, 3.8) is 0 Å². The molecule has 142 valence electrons. The SMILES string of the molecule is CC(C)(N)C(=O)NCCC(=O)N1CCN(c2ccccc2)CC1.Cl.Cl. The number of hydrogen-bond donors (Lipinski definition) is 2. The van der Waals surface area contributed by atoms with Gasteiger partial charge in [0.2, 0.25) is 11.8 Å². The van der Waals surface area contributed by atoms with Crippen LogP contribution in [0.1, 0.15) is 20.3 Å². The molecule has 0 aromatic heterocycles. The van der Waals surface area contributed by atoms with Crippen LogP contribution in [0.5, 0.6) is 0 Å². The Bertz CT molecular complexity index is 541. The van der Waals surface area contributed by atoms with Crippen LogP contribution in [0.4, 0.5) is 5.69 Å². The molecule has 0 atom stereocenters. The van der Waals surface area contributed by atoms with Gasteiger partial charge < -0.3 is 20.9 Å². The number of piperazine rings is 1. The van der Waals surface area contributed by atoms with Crippen LogP contribution in [0.3, 0.4) is 0 Å². The number of para-hydroxylation sites is 1. The van der Waals surface area contributed by atoms with Crippen LogP contribution >= 0.6 is 24.8 Å². The topological polar surface area (TPSA) is 78.7 Å². The maximum atomic E-state index is 12.2. The molecule has 0 radical (unpaired) electrons. The number of carbonyl (C=O) groups excluding carboxylic acids is 2. The van der Waals surface area contributed by atoms with Crippen LogP contribution in [0.25, 0.3) is 0 Å². The number of carbonyl (C=O) groups is 2. The molecule has 0 spiro atoms. The van der Waals surface area contributed by atoms with E-state index in [-0.39, 0.29) is 36.6 Å². The molecule has 0 saturated carbocycles. The van der Waals surface area contributed by atoms with Gasteiger partial charge in [-0.05, 0) is 26.0 Å². The molecule has 25 heavy (non-hydrogen) atoms. The van der Waals surface area contributed by atoms with Crippen molar-refractivity contribution in [3.8, 4) is 0 Å². The molecule has 1 heterocycles. The molecule has 0 unspecified atom stereocenters. The minimum Gasteiger partial charge on any atom is -0.368 e. The van der Waals surface area contributed by atoms with Crippen molar-refractivity contribution in [3.05, 3.63) is 30.3 Å². The lowest BCUT2D eigenvalue weighted by Crippen LogP contribution is -2.51. The number of benzene rings is 1. The zero-order valence-electron chi connectivity index (χ0n) is 14.7. The van der Waals surface area contributed by atoms with Crippen LogP contribution < -0.4 is 16.0 Å². The van der Waals surface area contributed by atoms with Gasteiger partial charge in [-0.25, -0.2) is 0 Å². The number of nitrogens with one attached hydrogen (secondary N) is 1. The predicted octanol–water partition coefficient (Wildman–Crippen LogP) is 1.42. The second-order valence-electron chi connectivity index (χ2n) is 6.43. The molecule has 6 nitrogen and oxygen atoms in total. The molecular weight excluding hydrogens is 363 g/mol. The highest BCUT2D eigenvalue weighted by Crippen LogP contribution is 2.15. The Morgan fingerprint density at radius 3 is 2.16 bits per heavy atom. The van der Waals surface area contributed by atoms with E-state index >= 15 is 0 Å². The van der Waals surface area contributed by atoms with Gasteiger partial charge in [-0.1, -0.05) is 18.2 Å². The number of nitrogens with two attached hydrogens (primary N) is 1. The van der Waals surface area contributed by atoms with Crippen molar-refractivity contribution in [2.45, 2.75) is 25.8 Å². The summed E-state index contributed by atoms with van der Waals surface area (Å²) in [5, 5.41) is 2.71. The summed E-state index contributed by atoms with van der Waals surface area (Å²) in [7, 11) is 0. The van der Waals surface area contributed by atoms with Crippen LogP contribution in [0.2, 0.25) is 0 Å². The average molecular weight is 391 g/mol. The van der Waals surface area contributed by atoms with Gasteiger partial charge >= 0.3 is 0 Å². The van der Waals surface area contributed by atoms with E-state index in [1.165, 1.54) is 5.69 Å². The Balaban J connectivity index is 0.00000288. The van der Waals surface area contributed by atoms with Crippen molar-refractivity contribution < 1.29 is 9.59 Å². The first-order chi connectivity index (χ1) is 10.9. The molecule has 2 amide bonds. The zero-order chi connectivity index (χ0) is 16.9. The Kier molecular flexibility index (Phi) is 9.85. The first kappa shape index (κ1) is 23.5. The Morgan fingerprint density at radius 2 is 1.64 bits per heavy atom. The standard InChI is InChI=1S/C17H26N4O2.2ClH/c1-17(2,18)16(23)19-9-8-15(22)21-12-10-20(11-13-21)14-6-4-3-5-7-14;;/h3-7H,8-13,18H2,1-2H3,(H,19,23);2*1H. The van der Waals surface area contributed by atoms with Crippen LogP contribution in [0.15, 0.2) is 30.3 Å². The highest BCUT2D eigenvalue weighted by molar-refractivity contribution is 5.86. The number of hydrogen-bond acceptors (Lipinski definition) is 4. The summed E-state index contributed by atoms with van der Waals surface area (Å²) in [6.45, 7) is 6.71. The lowest BCUT2D eigenvalue weighted by Gasteiger charge is -2.36. The van der Waals surface area contributed by atoms with E-state index in [1.54, 1.807) is 13.8 Å². The van der Waals surface area contributed by atoms with E-state index in [0.29, 0.717) is 26.1 Å². The highest BCUT2D eigenvalue weighted by atomic mass is 35.5. The number of nitrogens with zero attached hydrogens (tertiary/aromatic N) is 2. The van der Waals surface area contributed by atoms with Gasteiger partial charge in [0.15, 0.2) is 0 Å². The quantitative estimate of drug-likeness (QED) is 0.796. The van der Waals surface area contributed by atoms with Crippen LogP contribution in [0, 0.1) is 0 Å². The normalized spacial score (nSPS) is 14.2. The second-order valence-corrected chi connectivity index (χ2v) is 6.43. The Morgan fingerprint density at radius 1 is 1.08 bits per heavy atom. The lowest BCUT2D eigenvalue weighted by atomic mass is 10.1. The minimum atomic E-state index is -0.912. The average Bonchev–Trinajstić information content (AvgIpc) is 2.54. The molecular formula is C17H28Cl2N4O2. The van der Waals surface area contributed by atoms with Crippen molar-refractivity contribution in [2.24, 2.45) is 5.73 Å².